The molecule has 0 aliphatic carbocycles. The molecule has 21 heavy (non-hydrogen) atoms. The van der Waals surface area contributed by atoms with Crippen LogP contribution in [0.1, 0.15) is 67.9 Å². The van der Waals surface area contributed by atoms with E-state index in [4.69, 9.17) is 0 Å². The van der Waals surface area contributed by atoms with Gasteiger partial charge in [0.1, 0.15) is 10.6 Å². The van der Waals surface area contributed by atoms with Crippen LogP contribution < -0.4 is 5.69 Å². The third kappa shape index (κ3) is 6.33. The summed E-state index contributed by atoms with van der Waals surface area (Å²) < 4.78 is 0. The number of rotatable bonds is 10. The highest BCUT2D eigenvalue weighted by Crippen LogP contribution is 2.22. The van der Waals surface area contributed by atoms with E-state index in [0.29, 0.717) is 10.7 Å². The van der Waals surface area contributed by atoms with Gasteiger partial charge in [-0.1, -0.05) is 45.4 Å². The van der Waals surface area contributed by atoms with Crippen molar-refractivity contribution in [2.75, 3.05) is 5.75 Å². The second kappa shape index (κ2) is 9.60. The molecule has 6 heteroatoms. The maximum atomic E-state index is 11.3. The SMILES string of the molecule is CCCCCCCCCSc1nc(=O)[nH]c(C)c1C(=O)O. The van der Waals surface area contributed by atoms with E-state index in [0.717, 1.165) is 18.6 Å². The van der Waals surface area contributed by atoms with E-state index in [1.165, 1.54) is 43.9 Å². The molecule has 0 radical (unpaired) electrons. The minimum absolute atomic E-state index is 0.113. The summed E-state index contributed by atoms with van der Waals surface area (Å²) in [4.78, 5) is 28.8. The van der Waals surface area contributed by atoms with Crippen LogP contribution in [0.25, 0.3) is 0 Å². The van der Waals surface area contributed by atoms with E-state index in [-0.39, 0.29) is 5.56 Å². The molecule has 0 aliphatic heterocycles. The molecule has 0 amide bonds. The molecule has 1 rings (SSSR count). The molecule has 0 fully saturated rings. The molecule has 1 heterocycles. The van der Waals surface area contributed by atoms with Crippen molar-refractivity contribution in [1.29, 1.82) is 0 Å². The van der Waals surface area contributed by atoms with Crippen molar-refractivity contribution in [2.24, 2.45) is 0 Å². The summed E-state index contributed by atoms with van der Waals surface area (Å²) >= 11 is 1.36. The number of carboxylic acids is 1. The van der Waals surface area contributed by atoms with Crippen LogP contribution in [-0.2, 0) is 0 Å². The minimum atomic E-state index is -1.04. The number of aromatic carboxylic acids is 1. The van der Waals surface area contributed by atoms with Gasteiger partial charge in [0, 0.05) is 5.69 Å². The first-order chi connectivity index (χ1) is 10.1. The number of aryl methyl sites for hydroxylation is 1. The number of aromatic amines is 1. The predicted molar refractivity (Wildman–Crippen MR) is 85.3 cm³/mol. The van der Waals surface area contributed by atoms with E-state index in [1.807, 2.05) is 0 Å². The molecule has 0 saturated carbocycles. The number of hydrogen-bond donors (Lipinski definition) is 2. The quantitative estimate of drug-likeness (QED) is 0.392. The number of nitrogens with zero attached hydrogens (tertiary/aromatic N) is 1. The Morgan fingerprint density at radius 1 is 1.19 bits per heavy atom. The number of carboxylic acid groups (broad SMARTS) is 1. The monoisotopic (exact) mass is 312 g/mol. The number of aromatic nitrogens is 2. The lowest BCUT2D eigenvalue weighted by Crippen LogP contribution is -2.18. The Balaban J connectivity index is 2.42. The summed E-state index contributed by atoms with van der Waals surface area (Å²) in [6.07, 6.45) is 8.48. The van der Waals surface area contributed by atoms with Gasteiger partial charge in [-0.05, 0) is 19.1 Å². The standard InChI is InChI=1S/C15H24N2O3S/c1-3-4-5-6-7-8-9-10-21-13-12(14(18)19)11(2)16-15(20)17-13/h3-10H2,1-2H3,(H,18,19)(H,16,17,20). The molecule has 1 aromatic rings. The van der Waals surface area contributed by atoms with Gasteiger partial charge in [-0.3, -0.25) is 0 Å². The zero-order chi connectivity index (χ0) is 15.7. The number of thioether (sulfide) groups is 1. The van der Waals surface area contributed by atoms with Gasteiger partial charge in [-0.2, -0.15) is 4.98 Å². The summed E-state index contributed by atoms with van der Waals surface area (Å²) in [5.74, 6) is -0.248. The molecule has 0 aliphatic rings. The summed E-state index contributed by atoms with van der Waals surface area (Å²) in [7, 11) is 0. The van der Waals surface area contributed by atoms with E-state index in [2.05, 4.69) is 16.9 Å². The van der Waals surface area contributed by atoms with Gasteiger partial charge in [-0.25, -0.2) is 9.59 Å². The Morgan fingerprint density at radius 3 is 2.43 bits per heavy atom. The Kier molecular flexibility index (Phi) is 8.12. The third-order valence-electron chi connectivity index (χ3n) is 3.29. The second-order valence-corrected chi connectivity index (χ2v) is 6.21. The summed E-state index contributed by atoms with van der Waals surface area (Å²) in [6.45, 7) is 3.79. The smallest absolute Gasteiger partial charge is 0.346 e. The maximum Gasteiger partial charge on any atom is 0.346 e. The van der Waals surface area contributed by atoms with Crippen molar-refractivity contribution >= 4 is 17.7 Å². The fourth-order valence-corrected chi connectivity index (χ4v) is 3.22. The number of hydrogen-bond acceptors (Lipinski definition) is 4. The van der Waals surface area contributed by atoms with Gasteiger partial charge < -0.3 is 10.1 Å². The molecule has 5 nitrogen and oxygen atoms in total. The lowest BCUT2D eigenvalue weighted by molar-refractivity contribution is 0.0690. The molecule has 0 unspecified atom stereocenters. The van der Waals surface area contributed by atoms with Crippen molar-refractivity contribution in [1.82, 2.24) is 9.97 Å². The molecule has 2 N–H and O–H groups in total. The zero-order valence-electron chi connectivity index (χ0n) is 12.8. The summed E-state index contributed by atoms with van der Waals surface area (Å²) in [5.41, 5.74) is -0.00771. The lowest BCUT2D eigenvalue weighted by atomic mass is 10.1. The van der Waals surface area contributed by atoms with E-state index in [9.17, 15) is 14.7 Å². The average Bonchev–Trinajstić information content (AvgIpc) is 2.40. The topological polar surface area (TPSA) is 83.0 Å². The molecule has 0 bridgehead atoms. The fourth-order valence-electron chi connectivity index (χ4n) is 2.14. The minimum Gasteiger partial charge on any atom is -0.478 e. The highest BCUT2D eigenvalue weighted by atomic mass is 32.2. The van der Waals surface area contributed by atoms with Crippen molar-refractivity contribution in [3.63, 3.8) is 0 Å². The number of carbonyl (C=O) groups is 1. The summed E-state index contributed by atoms with van der Waals surface area (Å²) in [6, 6.07) is 0. The van der Waals surface area contributed by atoms with Crippen LogP contribution >= 0.6 is 11.8 Å². The number of nitrogens with one attached hydrogen (secondary N) is 1. The average molecular weight is 312 g/mol. The molecular weight excluding hydrogens is 288 g/mol. The van der Waals surface area contributed by atoms with Crippen LogP contribution in [0.2, 0.25) is 0 Å². The van der Waals surface area contributed by atoms with E-state index in [1.54, 1.807) is 6.92 Å². The Labute approximate surface area is 129 Å². The van der Waals surface area contributed by atoms with Gasteiger partial charge in [0.15, 0.2) is 0 Å². The van der Waals surface area contributed by atoms with Crippen molar-refractivity contribution in [2.45, 2.75) is 63.8 Å². The lowest BCUT2D eigenvalue weighted by Gasteiger charge is -2.06. The molecular formula is C15H24N2O3S. The third-order valence-corrected chi connectivity index (χ3v) is 4.35. The zero-order valence-corrected chi connectivity index (χ0v) is 13.6. The van der Waals surface area contributed by atoms with Crippen LogP contribution in [0.3, 0.4) is 0 Å². The number of H-pyrrole nitrogens is 1. The van der Waals surface area contributed by atoms with E-state index >= 15 is 0 Å². The highest BCUT2D eigenvalue weighted by Gasteiger charge is 2.16. The second-order valence-electron chi connectivity index (χ2n) is 5.12. The Hall–Kier alpha value is -1.30. The van der Waals surface area contributed by atoms with E-state index < -0.39 is 11.7 Å². The Morgan fingerprint density at radius 2 is 1.81 bits per heavy atom. The van der Waals surface area contributed by atoms with Crippen LogP contribution in [0.5, 0.6) is 0 Å². The fraction of sp³-hybridized carbons (Fsp3) is 0.667. The van der Waals surface area contributed by atoms with Crippen molar-refractivity contribution < 1.29 is 9.90 Å². The van der Waals surface area contributed by atoms with Crippen LogP contribution in [0, 0.1) is 6.92 Å². The van der Waals surface area contributed by atoms with Crippen LogP contribution in [-0.4, -0.2) is 26.8 Å². The largest absolute Gasteiger partial charge is 0.478 e. The molecule has 1 aromatic heterocycles. The van der Waals surface area contributed by atoms with Gasteiger partial charge in [0.05, 0.1) is 0 Å². The van der Waals surface area contributed by atoms with Gasteiger partial charge >= 0.3 is 11.7 Å². The van der Waals surface area contributed by atoms with Gasteiger partial charge in [0.25, 0.3) is 0 Å². The summed E-state index contributed by atoms with van der Waals surface area (Å²) in [5, 5.41) is 9.51. The molecule has 118 valence electrons. The van der Waals surface area contributed by atoms with Crippen molar-refractivity contribution in [3.05, 3.63) is 21.7 Å². The van der Waals surface area contributed by atoms with Crippen LogP contribution in [0.15, 0.2) is 9.82 Å². The first-order valence-electron chi connectivity index (χ1n) is 7.53. The maximum absolute atomic E-state index is 11.3. The Bertz CT molecular complexity index is 514. The van der Waals surface area contributed by atoms with Gasteiger partial charge in [-0.15, -0.1) is 11.8 Å². The highest BCUT2D eigenvalue weighted by molar-refractivity contribution is 7.99. The van der Waals surface area contributed by atoms with Crippen LogP contribution in [0.4, 0.5) is 0 Å². The molecule has 0 spiro atoms. The van der Waals surface area contributed by atoms with Crippen molar-refractivity contribution in [3.8, 4) is 0 Å². The molecule has 0 aromatic carbocycles. The van der Waals surface area contributed by atoms with Gasteiger partial charge in [0.2, 0.25) is 0 Å². The molecule has 0 saturated heterocycles. The normalized spacial score (nSPS) is 10.8. The molecule has 0 atom stereocenters. The predicted octanol–water partition coefficient (Wildman–Crippen LogP) is 3.62. The first kappa shape index (κ1) is 17.8. The first-order valence-corrected chi connectivity index (χ1v) is 8.51. The number of unbranched alkanes of at least 4 members (excludes halogenated alkanes) is 6.